The Kier molecular flexibility index (Phi) is 3.15. The van der Waals surface area contributed by atoms with Crippen LogP contribution in [0.1, 0.15) is 34.1 Å². The molecule has 0 bridgehead atoms. The molecule has 4 saturated heterocycles. The highest BCUT2D eigenvalue weighted by atomic mass is 16.8. The molecule has 5 unspecified atom stereocenters. The van der Waals surface area contributed by atoms with Gasteiger partial charge in [0.2, 0.25) is 5.60 Å². The van der Waals surface area contributed by atoms with Crippen molar-refractivity contribution >= 4 is 5.97 Å². The summed E-state index contributed by atoms with van der Waals surface area (Å²) in [5.41, 5.74) is -7.01. The Bertz CT molecular complexity index is 810. The molecule has 0 aromatic heterocycles. The van der Waals surface area contributed by atoms with Gasteiger partial charge in [0, 0.05) is 5.92 Å². The van der Waals surface area contributed by atoms with Gasteiger partial charge in [-0.1, -0.05) is 27.7 Å². The number of carbonyl (C=O) groups excluding carboxylic acids is 1. The number of fused-ring (bicyclic) bond motifs is 1. The van der Waals surface area contributed by atoms with Crippen LogP contribution in [-0.2, 0) is 23.7 Å². The summed E-state index contributed by atoms with van der Waals surface area (Å²) < 4.78 is 23.5. The summed E-state index contributed by atoms with van der Waals surface area (Å²) in [6.07, 6.45) is -6.96. The van der Waals surface area contributed by atoms with Crippen LogP contribution in [-0.4, -0.2) is 81.2 Å². The fourth-order valence-electron chi connectivity index (χ4n) is 8.36. The second kappa shape index (κ2) is 4.82. The van der Waals surface area contributed by atoms with Crippen LogP contribution in [0.4, 0.5) is 0 Å². The van der Waals surface area contributed by atoms with Gasteiger partial charge in [-0.25, -0.2) is 4.79 Å². The first-order valence-electron chi connectivity index (χ1n) is 10.4. The molecule has 4 aliphatic heterocycles. The molecular weight excluding hydrogens is 384 g/mol. The maximum atomic E-state index is 13.4. The number of carbonyl (C=O) groups is 1. The van der Waals surface area contributed by atoms with Crippen LogP contribution < -0.4 is 0 Å². The standard InChI is InChI=1S/C20H28O9/c1-7-6-26-12-10(21)18-9-5-8(16(2,3)4)17(18)11(22)13(23)28-15(17)29-20(18,14(24)27-9)19(7,12)25/h7-13,15,21-23,25H,5-6H2,1-4H3/t7-,8+,9?,10+,11+,12?,13+,15?,17?,18?,19-,20-/m1/s1. The number of aliphatic hydroxyl groups excluding tert-OH is 3. The quantitative estimate of drug-likeness (QED) is 0.366. The summed E-state index contributed by atoms with van der Waals surface area (Å²) >= 11 is 0. The summed E-state index contributed by atoms with van der Waals surface area (Å²) in [4.78, 5) is 13.4. The number of hydrogen-bond acceptors (Lipinski definition) is 9. The van der Waals surface area contributed by atoms with Crippen molar-refractivity contribution in [1.29, 1.82) is 0 Å². The van der Waals surface area contributed by atoms with E-state index in [1.165, 1.54) is 0 Å². The molecular formula is C20H28O9. The predicted octanol–water partition coefficient (Wildman–Crippen LogP) is -1.10. The van der Waals surface area contributed by atoms with E-state index in [4.69, 9.17) is 18.9 Å². The highest BCUT2D eigenvalue weighted by Crippen LogP contribution is 2.84. The molecule has 0 aromatic carbocycles. The molecule has 6 rings (SSSR count). The zero-order chi connectivity index (χ0) is 20.9. The second-order valence-electron chi connectivity index (χ2n) is 10.9. The average molecular weight is 412 g/mol. The molecule has 12 atom stereocenters. The zero-order valence-corrected chi connectivity index (χ0v) is 16.9. The Morgan fingerprint density at radius 1 is 1.14 bits per heavy atom. The molecule has 6 aliphatic rings. The predicted molar refractivity (Wildman–Crippen MR) is 92.9 cm³/mol. The summed E-state index contributed by atoms with van der Waals surface area (Å²) in [7, 11) is 0. The summed E-state index contributed by atoms with van der Waals surface area (Å²) in [5, 5.41) is 45.4. The molecule has 6 fully saturated rings. The summed E-state index contributed by atoms with van der Waals surface area (Å²) in [6.45, 7) is 7.89. The van der Waals surface area contributed by atoms with Crippen LogP contribution >= 0.6 is 0 Å². The minimum atomic E-state index is -1.93. The van der Waals surface area contributed by atoms with E-state index >= 15 is 0 Å². The van der Waals surface area contributed by atoms with Crippen molar-refractivity contribution in [2.24, 2.45) is 28.1 Å². The molecule has 9 heteroatoms. The topological polar surface area (TPSA) is 135 Å². The molecule has 2 saturated carbocycles. The SMILES string of the molecule is C[C@@H]1COC2[C@H](O)C34C5C[C@@H](C(C)(C)C)C36C(O[C@H](O)[C@@H]6O)O[C@@]4(C(=O)O5)[C@]21O. The normalized spacial score (nSPS) is 64.8. The Labute approximate surface area is 167 Å². The maximum Gasteiger partial charge on any atom is 0.342 e. The van der Waals surface area contributed by atoms with Crippen LogP contribution in [0.5, 0.6) is 0 Å². The fraction of sp³-hybridized carbons (Fsp3) is 0.950. The minimum absolute atomic E-state index is 0.157. The zero-order valence-electron chi connectivity index (χ0n) is 16.9. The molecule has 4 N–H and O–H groups in total. The van der Waals surface area contributed by atoms with Crippen molar-refractivity contribution in [3.63, 3.8) is 0 Å². The third-order valence-corrected chi connectivity index (χ3v) is 9.14. The molecule has 4 heterocycles. The maximum absolute atomic E-state index is 13.4. The Hall–Kier alpha value is -0.810. The van der Waals surface area contributed by atoms with Gasteiger partial charge in [0.15, 0.2) is 12.6 Å². The van der Waals surface area contributed by atoms with Crippen molar-refractivity contribution < 1.29 is 44.2 Å². The van der Waals surface area contributed by atoms with Gasteiger partial charge in [0.25, 0.3) is 0 Å². The fourth-order valence-corrected chi connectivity index (χ4v) is 8.36. The molecule has 29 heavy (non-hydrogen) atoms. The van der Waals surface area contributed by atoms with Gasteiger partial charge in [-0.3, -0.25) is 0 Å². The van der Waals surface area contributed by atoms with E-state index in [1.54, 1.807) is 6.92 Å². The van der Waals surface area contributed by atoms with E-state index in [0.29, 0.717) is 6.42 Å². The van der Waals surface area contributed by atoms with Crippen LogP contribution in [0, 0.1) is 28.1 Å². The molecule has 2 aliphatic carbocycles. The highest BCUT2D eigenvalue weighted by Gasteiger charge is 3.02. The third kappa shape index (κ3) is 1.42. The molecule has 0 amide bonds. The van der Waals surface area contributed by atoms with Gasteiger partial charge in [-0.05, 0) is 17.8 Å². The molecule has 162 valence electrons. The lowest BCUT2D eigenvalue weighted by molar-refractivity contribution is -0.263. The average Bonchev–Trinajstić information content (AvgIpc) is 3.34. The Morgan fingerprint density at radius 3 is 2.48 bits per heavy atom. The van der Waals surface area contributed by atoms with Gasteiger partial charge in [-0.15, -0.1) is 0 Å². The monoisotopic (exact) mass is 412 g/mol. The number of rotatable bonds is 0. The molecule has 0 aromatic rings. The van der Waals surface area contributed by atoms with Gasteiger partial charge >= 0.3 is 5.97 Å². The highest BCUT2D eigenvalue weighted by molar-refractivity contribution is 5.89. The first kappa shape index (κ1) is 18.9. The van der Waals surface area contributed by atoms with Crippen LogP contribution in [0.3, 0.4) is 0 Å². The van der Waals surface area contributed by atoms with Crippen molar-refractivity contribution in [3.8, 4) is 0 Å². The van der Waals surface area contributed by atoms with Crippen LogP contribution in [0.25, 0.3) is 0 Å². The van der Waals surface area contributed by atoms with Gasteiger partial charge < -0.3 is 39.4 Å². The lowest BCUT2D eigenvalue weighted by Crippen LogP contribution is -2.67. The van der Waals surface area contributed by atoms with Gasteiger partial charge in [0.05, 0.1) is 23.5 Å². The van der Waals surface area contributed by atoms with E-state index in [2.05, 4.69) is 0 Å². The van der Waals surface area contributed by atoms with E-state index in [1.807, 2.05) is 20.8 Å². The largest absolute Gasteiger partial charge is 0.459 e. The van der Waals surface area contributed by atoms with Gasteiger partial charge in [0.1, 0.15) is 23.9 Å². The van der Waals surface area contributed by atoms with Crippen molar-refractivity contribution in [2.75, 3.05) is 6.61 Å². The number of hydrogen-bond donors (Lipinski definition) is 4. The molecule has 9 nitrogen and oxygen atoms in total. The summed E-state index contributed by atoms with van der Waals surface area (Å²) in [6, 6.07) is 0. The first-order valence-corrected chi connectivity index (χ1v) is 10.4. The third-order valence-electron chi connectivity index (χ3n) is 9.14. The number of ether oxygens (including phenoxy) is 4. The van der Waals surface area contributed by atoms with E-state index in [0.717, 1.165) is 0 Å². The van der Waals surface area contributed by atoms with E-state index in [9.17, 15) is 25.2 Å². The Balaban J connectivity index is 1.71. The lowest BCUT2D eigenvalue weighted by Gasteiger charge is -2.49. The van der Waals surface area contributed by atoms with Crippen molar-refractivity contribution in [3.05, 3.63) is 0 Å². The minimum Gasteiger partial charge on any atom is -0.459 e. The van der Waals surface area contributed by atoms with Crippen LogP contribution in [0.2, 0.25) is 0 Å². The number of aliphatic hydroxyl groups is 4. The first-order chi connectivity index (χ1) is 13.4. The summed E-state index contributed by atoms with van der Waals surface area (Å²) in [5.74, 6) is -1.59. The van der Waals surface area contributed by atoms with Crippen molar-refractivity contribution in [1.82, 2.24) is 0 Å². The number of esters is 1. The van der Waals surface area contributed by atoms with Crippen molar-refractivity contribution in [2.45, 2.75) is 82.3 Å². The van der Waals surface area contributed by atoms with Gasteiger partial charge in [-0.2, -0.15) is 0 Å². The second-order valence-corrected chi connectivity index (χ2v) is 10.9. The van der Waals surface area contributed by atoms with E-state index < -0.39 is 76.3 Å². The smallest absolute Gasteiger partial charge is 0.342 e. The van der Waals surface area contributed by atoms with Crippen LogP contribution in [0.15, 0.2) is 0 Å². The lowest BCUT2D eigenvalue weighted by atomic mass is 9.51. The molecule has 0 radical (unpaired) electrons. The van der Waals surface area contributed by atoms with E-state index in [-0.39, 0.29) is 12.5 Å². The molecule has 2 spiro atoms. The Morgan fingerprint density at radius 2 is 1.83 bits per heavy atom.